The van der Waals surface area contributed by atoms with Crippen molar-refractivity contribution in [3.05, 3.63) is 24.3 Å². The van der Waals surface area contributed by atoms with Gasteiger partial charge in [0.2, 0.25) is 15.9 Å². The van der Waals surface area contributed by atoms with E-state index in [1.807, 2.05) is 0 Å². The maximum absolute atomic E-state index is 11.4. The standard InChI is InChI=1S/C10H15N3O3S/c1-12-17(15,16)9-4-2-8(3-5-9)13-7-6-10(11)14/h2-5,12-13H,6-7H2,1H3,(H2,11,14). The van der Waals surface area contributed by atoms with Gasteiger partial charge in [-0.2, -0.15) is 0 Å². The highest BCUT2D eigenvalue weighted by atomic mass is 32.2. The van der Waals surface area contributed by atoms with Crippen molar-refractivity contribution in [1.29, 1.82) is 0 Å². The molecular weight excluding hydrogens is 242 g/mol. The second-order valence-electron chi connectivity index (χ2n) is 3.38. The summed E-state index contributed by atoms with van der Waals surface area (Å²) in [5.74, 6) is -0.383. The van der Waals surface area contributed by atoms with E-state index >= 15 is 0 Å². The number of benzene rings is 1. The molecule has 0 atom stereocenters. The minimum absolute atomic E-state index is 0.195. The maximum atomic E-state index is 11.4. The summed E-state index contributed by atoms with van der Waals surface area (Å²) in [6.07, 6.45) is 0.233. The smallest absolute Gasteiger partial charge is 0.240 e. The Morgan fingerprint density at radius 3 is 2.35 bits per heavy atom. The number of carbonyl (C=O) groups excluding carboxylic acids is 1. The summed E-state index contributed by atoms with van der Waals surface area (Å²) in [6.45, 7) is 0.424. The lowest BCUT2D eigenvalue weighted by Gasteiger charge is -2.06. The van der Waals surface area contributed by atoms with Gasteiger partial charge >= 0.3 is 0 Å². The highest BCUT2D eigenvalue weighted by molar-refractivity contribution is 7.89. The van der Waals surface area contributed by atoms with Crippen LogP contribution in [-0.4, -0.2) is 27.9 Å². The zero-order valence-electron chi connectivity index (χ0n) is 9.43. The van der Waals surface area contributed by atoms with Crippen molar-refractivity contribution < 1.29 is 13.2 Å². The number of amides is 1. The molecule has 0 bridgehead atoms. The summed E-state index contributed by atoms with van der Waals surface area (Å²) < 4.78 is 25.1. The van der Waals surface area contributed by atoms with E-state index in [0.29, 0.717) is 6.54 Å². The van der Waals surface area contributed by atoms with Crippen molar-refractivity contribution in [2.75, 3.05) is 18.9 Å². The Hall–Kier alpha value is -1.60. The van der Waals surface area contributed by atoms with Gasteiger partial charge in [0.05, 0.1) is 4.90 Å². The zero-order chi connectivity index (χ0) is 12.9. The first-order chi connectivity index (χ1) is 7.95. The molecule has 0 aliphatic carbocycles. The van der Waals surface area contributed by atoms with Gasteiger partial charge < -0.3 is 11.1 Å². The molecule has 1 aromatic rings. The van der Waals surface area contributed by atoms with Crippen molar-refractivity contribution in [1.82, 2.24) is 4.72 Å². The number of anilines is 1. The van der Waals surface area contributed by atoms with Gasteiger partial charge in [0.25, 0.3) is 0 Å². The van der Waals surface area contributed by atoms with Crippen LogP contribution in [0.1, 0.15) is 6.42 Å². The van der Waals surface area contributed by atoms with Crippen LogP contribution in [0.2, 0.25) is 0 Å². The molecule has 0 aromatic heterocycles. The first-order valence-corrected chi connectivity index (χ1v) is 6.50. The lowest BCUT2D eigenvalue weighted by atomic mass is 10.3. The van der Waals surface area contributed by atoms with E-state index in [-0.39, 0.29) is 17.2 Å². The first-order valence-electron chi connectivity index (χ1n) is 5.01. The van der Waals surface area contributed by atoms with Crippen molar-refractivity contribution in [3.63, 3.8) is 0 Å². The molecule has 4 N–H and O–H groups in total. The fourth-order valence-corrected chi connectivity index (χ4v) is 1.93. The highest BCUT2D eigenvalue weighted by Crippen LogP contribution is 2.13. The van der Waals surface area contributed by atoms with Crippen molar-refractivity contribution in [3.8, 4) is 0 Å². The molecule has 0 saturated heterocycles. The number of primary amides is 1. The molecule has 17 heavy (non-hydrogen) atoms. The molecule has 6 nitrogen and oxygen atoms in total. The number of nitrogens with two attached hydrogens (primary N) is 1. The van der Waals surface area contributed by atoms with Crippen LogP contribution in [0.3, 0.4) is 0 Å². The lowest BCUT2D eigenvalue weighted by Crippen LogP contribution is -2.18. The number of carbonyl (C=O) groups is 1. The number of hydrogen-bond acceptors (Lipinski definition) is 4. The Labute approximate surface area is 100 Å². The van der Waals surface area contributed by atoms with E-state index < -0.39 is 10.0 Å². The second-order valence-corrected chi connectivity index (χ2v) is 5.26. The highest BCUT2D eigenvalue weighted by Gasteiger charge is 2.09. The molecule has 0 fully saturated rings. The summed E-state index contributed by atoms with van der Waals surface area (Å²) in [6, 6.07) is 6.23. The third kappa shape index (κ3) is 4.04. The van der Waals surface area contributed by atoms with Crippen LogP contribution in [0.4, 0.5) is 5.69 Å². The van der Waals surface area contributed by atoms with Crippen molar-refractivity contribution in [2.45, 2.75) is 11.3 Å². The van der Waals surface area contributed by atoms with Crippen LogP contribution in [0, 0.1) is 0 Å². The minimum atomic E-state index is -3.40. The number of hydrogen-bond donors (Lipinski definition) is 3. The molecule has 1 aromatic carbocycles. The normalized spacial score (nSPS) is 11.1. The summed E-state index contributed by atoms with van der Waals surface area (Å²) >= 11 is 0. The third-order valence-corrected chi connectivity index (χ3v) is 3.56. The van der Waals surface area contributed by atoms with Gasteiger partial charge in [-0.1, -0.05) is 0 Å². The minimum Gasteiger partial charge on any atom is -0.385 e. The topological polar surface area (TPSA) is 101 Å². The van der Waals surface area contributed by atoms with Gasteiger partial charge in [0.15, 0.2) is 0 Å². The van der Waals surface area contributed by atoms with Crippen LogP contribution >= 0.6 is 0 Å². The molecule has 94 valence electrons. The molecule has 0 spiro atoms. The van der Waals surface area contributed by atoms with Crippen LogP contribution in [0.15, 0.2) is 29.2 Å². The fraction of sp³-hybridized carbons (Fsp3) is 0.300. The summed E-state index contributed by atoms with van der Waals surface area (Å²) in [5, 5.41) is 2.96. The van der Waals surface area contributed by atoms with E-state index in [1.54, 1.807) is 12.1 Å². The molecule has 1 rings (SSSR count). The average Bonchev–Trinajstić information content (AvgIpc) is 2.29. The number of rotatable bonds is 6. The van der Waals surface area contributed by atoms with Crippen LogP contribution < -0.4 is 15.8 Å². The van der Waals surface area contributed by atoms with E-state index in [4.69, 9.17) is 5.73 Å². The largest absolute Gasteiger partial charge is 0.385 e. The predicted molar refractivity (Wildman–Crippen MR) is 65.0 cm³/mol. The SMILES string of the molecule is CNS(=O)(=O)c1ccc(NCCC(N)=O)cc1. The van der Waals surface area contributed by atoms with Crippen LogP contribution in [0.5, 0.6) is 0 Å². The molecule has 0 heterocycles. The zero-order valence-corrected chi connectivity index (χ0v) is 10.3. The van der Waals surface area contributed by atoms with E-state index in [2.05, 4.69) is 10.0 Å². The lowest BCUT2D eigenvalue weighted by molar-refractivity contribution is -0.117. The molecule has 0 unspecified atom stereocenters. The Bertz CT molecular complexity index is 482. The molecule has 1 amide bonds. The molecule has 0 aliphatic rings. The Balaban J connectivity index is 2.66. The van der Waals surface area contributed by atoms with Crippen LogP contribution in [0.25, 0.3) is 0 Å². The van der Waals surface area contributed by atoms with E-state index in [0.717, 1.165) is 5.69 Å². The van der Waals surface area contributed by atoms with Crippen LogP contribution in [-0.2, 0) is 14.8 Å². The van der Waals surface area contributed by atoms with Gasteiger partial charge in [-0.15, -0.1) is 0 Å². The van der Waals surface area contributed by atoms with Gasteiger partial charge in [-0.3, -0.25) is 4.79 Å². The number of nitrogens with one attached hydrogen (secondary N) is 2. The summed E-state index contributed by atoms with van der Waals surface area (Å²) in [5.41, 5.74) is 5.73. The maximum Gasteiger partial charge on any atom is 0.240 e. The molecule has 7 heteroatoms. The predicted octanol–water partition coefficient (Wildman–Crippen LogP) is -0.118. The third-order valence-electron chi connectivity index (χ3n) is 2.13. The van der Waals surface area contributed by atoms with Gasteiger partial charge in [-0.05, 0) is 31.3 Å². The monoisotopic (exact) mass is 257 g/mol. The average molecular weight is 257 g/mol. The Kier molecular flexibility index (Phi) is 4.47. The Morgan fingerprint density at radius 2 is 1.88 bits per heavy atom. The molecule has 0 saturated carbocycles. The van der Waals surface area contributed by atoms with E-state index in [1.165, 1.54) is 19.2 Å². The molecule has 0 aliphatic heterocycles. The van der Waals surface area contributed by atoms with Gasteiger partial charge in [-0.25, -0.2) is 13.1 Å². The first kappa shape index (κ1) is 13.5. The Morgan fingerprint density at radius 1 is 1.29 bits per heavy atom. The molecule has 0 radical (unpaired) electrons. The molecular formula is C10H15N3O3S. The van der Waals surface area contributed by atoms with Gasteiger partial charge in [0, 0.05) is 18.7 Å². The van der Waals surface area contributed by atoms with Gasteiger partial charge in [0.1, 0.15) is 0 Å². The van der Waals surface area contributed by atoms with Crippen molar-refractivity contribution >= 4 is 21.6 Å². The fourth-order valence-electron chi connectivity index (χ4n) is 1.20. The van der Waals surface area contributed by atoms with Crippen molar-refractivity contribution in [2.24, 2.45) is 5.73 Å². The second kappa shape index (κ2) is 5.65. The number of sulfonamides is 1. The summed E-state index contributed by atoms with van der Waals surface area (Å²) in [7, 11) is -2.05. The summed E-state index contributed by atoms with van der Waals surface area (Å²) in [4.78, 5) is 10.7. The quantitative estimate of drug-likeness (QED) is 0.661. The van der Waals surface area contributed by atoms with E-state index in [9.17, 15) is 13.2 Å².